The molecular weight excluding hydrogens is 242 g/mol. The number of hydrogen-bond acceptors (Lipinski definition) is 4. The molecule has 0 saturated heterocycles. The first-order valence-corrected chi connectivity index (χ1v) is 6.55. The second-order valence-corrected chi connectivity index (χ2v) is 4.59. The number of nitrogens with two attached hydrogens (primary N) is 1. The highest BCUT2D eigenvalue weighted by atomic mass is 16.5. The Morgan fingerprint density at radius 2 is 1.84 bits per heavy atom. The average molecular weight is 265 g/mol. The van der Waals surface area contributed by atoms with E-state index in [-0.39, 0.29) is 5.78 Å². The van der Waals surface area contributed by atoms with E-state index < -0.39 is 5.41 Å². The van der Waals surface area contributed by atoms with Gasteiger partial charge in [0.25, 0.3) is 0 Å². The molecule has 0 aromatic heterocycles. The van der Waals surface area contributed by atoms with Crippen LogP contribution in [0.4, 0.5) is 0 Å². The Hall–Kier alpha value is -1.55. The molecule has 19 heavy (non-hydrogen) atoms. The van der Waals surface area contributed by atoms with Gasteiger partial charge in [0.05, 0.1) is 19.8 Å². The van der Waals surface area contributed by atoms with Gasteiger partial charge in [-0.25, -0.2) is 0 Å². The van der Waals surface area contributed by atoms with Crippen molar-refractivity contribution in [3.63, 3.8) is 0 Å². The van der Waals surface area contributed by atoms with Crippen LogP contribution in [0.2, 0.25) is 0 Å². The molecule has 0 unspecified atom stereocenters. The van der Waals surface area contributed by atoms with Crippen molar-refractivity contribution in [1.29, 1.82) is 0 Å². The van der Waals surface area contributed by atoms with Gasteiger partial charge in [-0.1, -0.05) is 13.8 Å². The minimum atomic E-state index is -0.528. The minimum absolute atomic E-state index is 0.0238. The van der Waals surface area contributed by atoms with Crippen LogP contribution in [-0.2, 0) is 0 Å². The molecule has 4 heteroatoms. The lowest BCUT2D eigenvalue weighted by Crippen LogP contribution is -2.37. The molecule has 1 aromatic rings. The lowest BCUT2D eigenvalue weighted by Gasteiger charge is -2.29. The number of ether oxygens (including phenoxy) is 2. The summed E-state index contributed by atoms with van der Waals surface area (Å²) in [6.45, 7) is 4.31. The molecule has 0 atom stereocenters. The fourth-order valence-electron chi connectivity index (χ4n) is 2.23. The van der Waals surface area contributed by atoms with Crippen LogP contribution in [0.5, 0.6) is 11.5 Å². The SMILES string of the molecule is CCC(CC)(CN)C(=O)c1cc(OC)ccc1OC. The van der Waals surface area contributed by atoms with Crippen LogP contribution in [0.25, 0.3) is 0 Å². The van der Waals surface area contributed by atoms with Crippen molar-refractivity contribution >= 4 is 5.78 Å². The van der Waals surface area contributed by atoms with E-state index in [2.05, 4.69) is 0 Å². The van der Waals surface area contributed by atoms with Gasteiger partial charge < -0.3 is 15.2 Å². The fourth-order valence-corrected chi connectivity index (χ4v) is 2.23. The van der Waals surface area contributed by atoms with Gasteiger partial charge >= 0.3 is 0 Å². The Morgan fingerprint density at radius 1 is 1.21 bits per heavy atom. The van der Waals surface area contributed by atoms with Gasteiger partial charge in [0, 0.05) is 12.0 Å². The van der Waals surface area contributed by atoms with Crippen molar-refractivity contribution in [1.82, 2.24) is 0 Å². The Labute approximate surface area is 114 Å². The normalized spacial score (nSPS) is 11.2. The van der Waals surface area contributed by atoms with Gasteiger partial charge in [0.2, 0.25) is 0 Å². The van der Waals surface area contributed by atoms with Crippen molar-refractivity contribution < 1.29 is 14.3 Å². The number of ketones is 1. The molecule has 0 aliphatic carbocycles. The maximum absolute atomic E-state index is 12.8. The number of rotatable bonds is 7. The first-order valence-electron chi connectivity index (χ1n) is 6.55. The maximum Gasteiger partial charge on any atom is 0.174 e. The summed E-state index contributed by atoms with van der Waals surface area (Å²) >= 11 is 0. The summed E-state index contributed by atoms with van der Waals surface area (Å²) in [5.74, 6) is 1.23. The largest absolute Gasteiger partial charge is 0.497 e. The molecular formula is C15H23NO3. The van der Waals surface area contributed by atoms with E-state index in [0.717, 1.165) is 0 Å². The number of Topliss-reactive ketones (excluding diaryl/α,β-unsaturated/α-hetero) is 1. The quantitative estimate of drug-likeness (QED) is 0.770. The van der Waals surface area contributed by atoms with Gasteiger partial charge in [-0.05, 0) is 31.0 Å². The molecule has 106 valence electrons. The zero-order valence-electron chi connectivity index (χ0n) is 12.2. The Bertz CT molecular complexity index is 431. The molecule has 0 spiro atoms. The van der Waals surface area contributed by atoms with Gasteiger partial charge in [0.15, 0.2) is 5.78 Å². The number of carbonyl (C=O) groups excluding carboxylic acids is 1. The van der Waals surface area contributed by atoms with Crippen LogP contribution in [-0.4, -0.2) is 26.5 Å². The zero-order valence-corrected chi connectivity index (χ0v) is 12.2. The summed E-state index contributed by atoms with van der Waals surface area (Å²) in [6, 6.07) is 5.24. The highest BCUT2D eigenvalue weighted by Crippen LogP contribution is 2.34. The average Bonchev–Trinajstić information content (AvgIpc) is 2.48. The van der Waals surface area contributed by atoms with Crippen molar-refractivity contribution in [2.24, 2.45) is 11.1 Å². The molecule has 0 bridgehead atoms. The third-order valence-corrected chi connectivity index (χ3v) is 3.88. The predicted molar refractivity (Wildman–Crippen MR) is 75.9 cm³/mol. The molecule has 0 amide bonds. The third kappa shape index (κ3) is 2.89. The van der Waals surface area contributed by atoms with Crippen molar-refractivity contribution in [3.05, 3.63) is 23.8 Å². The standard InChI is InChI=1S/C15H23NO3/c1-5-15(6-2,10-16)14(17)12-9-11(18-3)7-8-13(12)19-4/h7-9H,5-6,10,16H2,1-4H3. The Morgan fingerprint density at radius 3 is 2.26 bits per heavy atom. The summed E-state index contributed by atoms with van der Waals surface area (Å²) in [5.41, 5.74) is 5.85. The van der Waals surface area contributed by atoms with E-state index in [1.807, 2.05) is 13.8 Å². The van der Waals surface area contributed by atoms with Gasteiger partial charge in [-0.3, -0.25) is 4.79 Å². The van der Waals surface area contributed by atoms with E-state index in [4.69, 9.17) is 15.2 Å². The number of hydrogen-bond donors (Lipinski definition) is 1. The van der Waals surface area contributed by atoms with Gasteiger partial charge in [-0.2, -0.15) is 0 Å². The molecule has 0 radical (unpaired) electrons. The van der Waals surface area contributed by atoms with E-state index in [0.29, 0.717) is 36.4 Å². The minimum Gasteiger partial charge on any atom is -0.497 e. The first-order chi connectivity index (χ1) is 9.08. The molecule has 0 saturated carbocycles. The Kier molecular flexibility index (Phi) is 5.36. The second-order valence-electron chi connectivity index (χ2n) is 4.59. The summed E-state index contributed by atoms with van der Waals surface area (Å²) in [6.07, 6.45) is 1.42. The zero-order chi connectivity index (χ0) is 14.5. The summed E-state index contributed by atoms with van der Waals surface area (Å²) in [4.78, 5) is 12.8. The highest BCUT2D eigenvalue weighted by Gasteiger charge is 2.35. The molecule has 0 aliphatic rings. The number of carbonyl (C=O) groups is 1. The highest BCUT2D eigenvalue weighted by molar-refractivity contribution is 6.03. The summed E-state index contributed by atoms with van der Waals surface area (Å²) < 4.78 is 10.5. The van der Waals surface area contributed by atoms with Gasteiger partial charge in [0.1, 0.15) is 11.5 Å². The van der Waals surface area contributed by atoms with Crippen LogP contribution in [0.3, 0.4) is 0 Å². The first kappa shape index (κ1) is 15.5. The maximum atomic E-state index is 12.8. The van der Waals surface area contributed by atoms with Crippen LogP contribution in [0.1, 0.15) is 37.0 Å². The molecule has 0 heterocycles. The van der Waals surface area contributed by atoms with E-state index >= 15 is 0 Å². The second kappa shape index (κ2) is 6.57. The van der Waals surface area contributed by atoms with Crippen molar-refractivity contribution in [2.45, 2.75) is 26.7 Å². The molecule has 1 rings (SSSR count). The molecule has 0 aliphatic heterocycles. The number of benzene rings is 1. The Balaban J connectivity index is 3.30. The molecule has 2 N–H and O–H groups in total. The van der Waals surface area contributed by atoms with E-state index in [9.17, 15) is 4.79 Å². The molecule has 4 nitrogen and oxygen atoms in total. The van der Waals surface area contributed by atoms with Gasteiger partial charge in [-0.15, -0.1) is 0 Å². The van der Waals surface area contributed by atoms with E-state index in [1.54, 1.807) is 32.4 Å². The topological polar surface area (TPSA) is 61.6 Å². The lowest BCUT2D eigenvalue weighted by atomic mass is 9.75. The van der Waals surface area contributed by atoms with E-state index in [1.165, 1.54) is 0 Å². The smallest absolute Gasteiger partial charge is 0.174 e. The summed E-state index contributed by atoms with van der Waals surface area (Å²) in [7, 11) is 3.13. The fraction of sp³-hybridized carbons (Fsp3) is 0.533. The molecule has 0 fully saturated rings. The van der Waals surface area contributed by atoms with Crippen LogP contribution in [0, 0.1) is 5.41 Å². The number of methoxy groups -OCH3 is 2. The molecule has 1 aromatic carbocycles. The van der Waals surface area contributed by atoms with Crippen molar-refractivity contribution in [2.75, 3.05) is 20.8 Å². The van der Waals surface area contributed by atoms with Crippen LogP contribution < -0.4 is 15.2 Å². The predicted octanol–water partition coefficient (Wildman–Crippen LogP) is 2.65. The van der Waals surface area contributed by atoms with Crippen LogP contribution in [0.15, 0.2) is 18.2 Å². The van der Waals surface area contributed by atoms with Crippen LogP contribution >= 0.6 is 0 Å². The third-order valence-electron chi connectivity index (χ3n) is 3.88. The lowest BCUT2D eigenvalue weighted by molar-refractivity contribution is 0.0783. The van der Waals surface area contributed by atoms with Crippen molar-refractivity contribution in [3.8, 4) is 11.5 Å². The monoisotopic (exact) mass is 265 g/mol. The summed E-state index contributed by atoms with van der Waals surface area (Å²) in [5, 5.41) is 0.